The number of fused-ring (bicyclic) bond motifs is 1. The molecule has 43 heavy (non-hydrogen) atoms. The number of piperidine rings is 1. The Labute approximate surface area is 250 Å². The van der Waals surface area contributed by atoms with Crippen LogP contribution in [0.25, 0.3) is 22.6 Å². The van der Waals surface area contributed by atoms with Crippen LogP contribution in [0.1, 0.15) is 36.5 Å². The molecular formula is C29H28ClF2N9O2. The normalized spacial score (nSPS) is 17.8. The van der Waals surface area contributed by atoms with Gasteiger partial charge in [0.05, 0.1) is 42.6 Å². The molecule has 0 amide bonds. The number of nitrogens with zero attached hydrogens (tertiary/aromatic N) is 8. The smallest absolute Gasteiger partial charge is 0.254 e. The summed E-state index contributed by atoms with van der Waals surface area (Å²) in [5.41, 5.74) is 2.83. The van der Waals surface area contributed by atoms with Crippen LogP contribution in [0, 0.1) is 11.6 Å². The Bertz CT molecular complexity index is 1740. The SMILES string of the molecule is Fc1cc(Cl)ccc1Cc1ncc(F)c(OC2CCN(Cc3nc4cc(-c5nnc[nH]5)ncc4n3CC3CCO3)CC2)n1. The third kappa shape index (κ3) is 6.05. The van der Waals surface area contributed by atoms with E-state index in [9.17, 15) is 8.78 Å². The first-order valence-electron chi connectivity index (χ1n) is 14.2. The van der Waals surface area contributed by atoms with Crippen LogP contribution in [0.5, 0.6) is 5.88 Å². The molecule has 5 aromatic rings. The van der Waals surface area contributed by atoms with Crippen molar-refractivity contribution in [3.63, 3.8) is 0 Å². The standard InChI is InChI=1S/C29H28ClF2N9O2/c30-18-2-1-17(21(31)10-18)9-26-34-12-22(32)29(38-26)43-19-3-6-40(7-4-19)15-27-37-23-11-24(28-35-16-36-39-28)33-13-25(23)41(27)14-20-5-8-42-20/h1-2,10-13,16,19-20H,3-9,14-15H2,(H,35,36,39). The number of hydrogen-bond donors (Lipinski definition) is 1. The maximum atomic E-state index is 14.6. The predicted molar refractivity (Wildman–Crippen MR) is 152 cm³/mol. The highest BCUT2D eigenvalue weighted by Gasteiger charge is 2.26. The monoisotopic (exact) mass is 607 g/mol. The van der Waals surface area contributed by atoms with Crippen LogP contribution >= 0.6 is 11.6 Å². The molecule has 222 valence electrons. The molecule has 0 aliphatic carbocycles. The number of aromatic amines is 1. The summed E-state index contributed by atoms with van der Waals surface area (Å²) in [6.07, 6.45) is 6.86. The van der Waals surface area contributed by atoms with Gasteiger partial charge >= 0.3 is 0 Å². The predicted octanol–water partition coefficient (Wildman–Crippen LogP) is 4.36. The Balaban J connectivity index is 1.02. The maximum Gasteiger partial charge on any atom is 0.254 e. The Hall–Kier alpha value is -4.07. The van der Waals surface area contributed by atoms with E-state index in [-0.39, 0.29) is 30.3 Å². The molecule has 0 spiro atoms. The summed E-state index contributed by atoms with van der Waals surface area (Å²) in [5, 5.41) is 8.22. The van der Waals surface area contributed by atoms with Crippen molar-refractivity contribution in [1.82, 2.24) is 44.6 Å². The van der Waals surface area contributed by atoms with Crippen molar-refractivity contribution in [2.45, 2.75) is 51.0 Å². The lowest BCUT2D eigenvalue weighted by Gasteiger charge is -2.32. The Morgan fingerprint density at radius 3 is 2.65 bits per heavy atom. The van der Waals surface area contributed by atoms with E-state index >= 15 is 0 Å². The number of benzene rings is 1. The number of nitrogens with one attached hydrogen (secondary N) is 1. The fraction of sp³-hybridized carbons (Fsp3) is 0.379. The van der Waals surface area contributed by atoms with Gasteiger partial charge in [-0.05, 0) is 43.0 Å². The van der Waals surface area contributed by atoms with Crippen molar-refractivity contribution in [1.29, 1.82) is 0 Å². The fourth-order valence-corrected chi connectivity index (χ4v) is 5.58. The second-order valence-corrected chi connectivity index (χ2v) is 11.2. The van der Waals surface area contributed by atoms with Crippen molar-refractivity contribution in [2.75, 3.05) is 19.7 Å². The Kier molecular flexibility index (Phi) is 7.68. The summed E-state index contributed by atoms with van der Waals surface area (Å²) in [4.78, 5) is 23.1. The average Bonchev–Trinajstić information content (AvgIpc) is 3.63. The third-order valence-corrected chi connectivity index (χ3v) is 8.09. The van der Waals surface area contributed by atoms with Gasteiger partial charge in [-0.15, -0.1) is 10.2 Å². The van der Waals surface area contributed by atoms with Gasteiger partial charge in [-0.2, -0.15) is 9.37 Å². The molecule has 1 unspecified atom stereocenters. The highest BCUT2D eigenvalue weighted by atomic mass is 35.5. The minimum atomic E-state index is -0.645. The molecule has 1 aromatic carbocycles. The zero-order valence-electron chi connectivity index (χ0n) is 23.1. The Morgan fingerprint density at radius 2 is 1.91 bits per heavy atom. The minimum Gasteiger partial charge on any atom is -0.472 e. The molecule has 2 aliphatic rings. The number of imidazole rings is 1. The van der Waals surface area contributed by atoms with Crippen LogP contribution in [-0.4, -0.2) is 76.5 Å². The first-order chi connectivity index (χ1) is 21.0. The first kappa shape index (κ1) is 27.7. The second kappa shape index (κ2) is 11.9. The van der Waals surface area contributed by atoms with Crippen molar-refractivity contribution >= 4 is 22.6 Å². The molecule has 1 atom stereocenters. The van der Waals surface area contributed by atoms with Crippen LogP contribution in [0.4, 0.5) is 8.78 Å². The lowest BCUT2D eigenvalue weighted by molar-refractivity contribution is -0.0592. The van der Waals surface area contributed by atoms with Crippen LogP contribution in [0.15, 0.2) is 43.0 Å². The van der Waals surface area contributed by atoms with Gasteiger partial charge in [0.1, 0.15) is 35.6 Å². The topological polar surface area (TPSA) is 120 Å². The second-order valence-electron chi connectivity index (χ2n) is 10.8. The molecule has 6 heterocycles. The molecule has 2 fully saturated rings. The van der Waals surface area contributed by atoms with Gasteiger partial charge in [-0.1, -0.05) is 17.7 Å². The zero-order chi connectivity index (χ0) is 29.3. The van der Waals surface area contributed by atoms with Gasteiger partial charge < -0.3 is 19.0 Å². The molecule has 2 aliphatic heterocycles. The molecule has 11 nitrogen and oxygen atoms in total. The van der Waals surface area contributed by atoms with Crippen LogP contribution in [-0.2, 0) is 24.2 Å². The van der Waals surface area contributed by atoms with E-state index in [4.69, 9.17) is 26.1 Å². The lowest BCUT2D eigenvalue weighted by Crippen LogP contribution is -2.39. The summed E-state index contributed by atoms with van der Waals surface area (Å²) in [5.74, 6) is 0.568. The molecule has 0 bridgehead atoms. The van der Waals surface area contributed by atoms with Crippen molar-refractivity contribution in [2.24, 2.45) is 0 Å². The largest absolute Gasteiger partial charge is 0.472 e. The van der Waals surface area contributed by atoms with Crippen LogP contribution < -0.4 is 4.74 Å². The number of rotatable bonds is 9. The van der Waals surface area contributed by atoms with Gasteiger partial charge in [-0.25, -0.2) is 14.4 Å². The van der Waals surface area contributed by atoms with Crippen molar-refractivity contribution < 1.29 is 18.3 Å². The quantitative estimate of drug-likeness (QED) is 0.261. The molecule has 0 radical (unpaired) electrons. The third-order valence-electron chi connectivity index (χ3n) is 7.86. The van der Waals surface area contributed by atoms with Crippen molar-refractivity contribution in [3.05, 3.63) is 76.9 Å². The lowest BCUT2D eigenvalue weighted by atomic mass is 10.1. The minimum absolute atomic E-state index is 0.0976. The molecule has 1 N–H and O–H groups in total. The Morgan fingerprint density at radius 1 is 1.05 bits per heavy atom. The highest BCUT2D eigenvalue weighted by molar-refractivity contribution is 6.30. The number of H-pyrrole nitrogens is 1. The van der Waals surface area contributed by atoms with E-state index in [1.807, 2.05) is 12.3 Å². The average molecular weight is 608 g/mol. The van der Waals surface area contributed by atoms with Gasteiger partial charge in [0, 0.05) is 31.1 Å². The fourth-order valence-electron chi connectivity index (χ4n) is 5.42. The number of pyridine rings is 1. The summed E-state index contributed by atoms with van der Waals surface area (Å²) >= 11 is 5.85. The molecule has 2 saturated heterocycles. The molecule has 7 rings (SSSR count). The summed E-state index contributed by atoms with van der Waals surface area (Å²) < 4.78 is 42.7. The molecule has 4 aromatic heterocycles. The van der Waals surface area contributed by atoms with Gasteiger partial charge in [0.2, 0.25) is 5.82 Å². The van der Waals surface area contributed by atoms with E-state index < -0.39 is 11.6 Å². The maximum absolute atomic E-state index is 14.6. The van der Waals surface area contributed by atoms with E-state index in [1.54, 1.807) is 12.1 Å². The number of aromatic nitrogens is 8. The van der Waals surface area contributed by atoms with E-state index in [1.165, 1.54) is 12.4 Å². The number of halogens is 3. The number of likely N-dealkylation sites (tertiary alicyclic amines) is 1. The summed E-state index contributed by atoms with van der Waals surface area (Å²) in [6, 6.07) is 6.32. The number of hydrogen-bond acceptors (Lipinski definition) is 9. The molecular weight excluding hydrogens is 580 g/mol. The van der Waals surface area contributed by atoms with Gasteiger partial charge in [0.15, 0.2) is 5.82 Å². The van der Waals surface area contributed by atoms with Crippen LogP contribution in [0.2, 0.25) is 5.02 Å². The van der Waals surface area contributed by atoms with E-state index in [2.05, 4.69) is 39.6 Å². The zero-order valence-corrected chi connectivity index (χ0v) is 23.8. The number of ether oxygens (including phenoxy) is 2. The van der Waals surface area contributed by atoms with Gasteiger partial charge in [-0.3, -0.25) is 9.88 Å². The van der Waals surface area contributed by atoms with Gasteiger partial charge in [0.25, 0.3) is 5.88 Å². The van der Waals surface area contributed by atoms with E-state index in [0.717, 1.165) is 49.2 Å². The van der Waals surface area contributed by atoms with E-state index in [0.29, 0.717) is 48.0 Å². The molecule has 14 heteroatoms. The molecule has 0 saturated carbocycles. The highest BCUT2D eigenvalue weighted by Crippen LogP contribution is 2.26. The summed E-state index contributed by atoms with van der Waals surface area (Å²) in [7, 11) is 0. The first-order valence-corrected chi connectivity index (χ1v) is 14.5. The summed E-state index contributed by atoms with van der Waals surface area (Å²) in [6.45, 7) is 3.62. The van der Waals surface area contributed by atoms with Crippen LogP contribution in [0.3, 0.4) is 0 Å². The van der Waals surface area contributed by atoms with Crippen molar-refractivity contribution in [3.8, 4) is 17.4 Å².